The number of aromatic carboxylic acids is 1. The van der Waals surface area contributed by atoms with Crippen LogP contribution in [0, 0.1) is 6.92 Å². The van der Waals surface area contributed by atoms with Gasteiger partial charge in [0.05, 0.1) is 22.3 Å². The Balaban J connectivity index is 1.57. The minimum absolute atomic E-state index is 0.146. The van der Waals surface area contributed by atoms with Crippen molar-refractivity contribution < 1.29 is 19.2 Å². The number of ether oxygens (including phenoxy) is 1. The summed E-state index contributed by atoms with van der Waals surface area (Å²) in [6.45, 7) is 4.11. The van der Waals surface area contributed by atoms with Crippen LogP contribution in [0.2, 0.25) is 5.02 Å². The first-order chi connectivity index (χ1) is 11.5. The Morgan fingerprint density at radius 1 is 1.50 bits per heavy atom. The molecular weight excluding hydrogens is 332 g/mol. The molecule has 3 rings (SSSR count). The number of aromatic nitrogens is 1. The van der Waals surface area contributed by atoms with Crippen LogP contribution < -0.4 is 4.74 Å². The highest BCUT2D eigenvalue weighted by Gasteiger charge is 2.28. The maximum atomic E-state index is 10.9. The molecule has 1 aliphatic rings. The van der Waals surface area contributed by atoms with Crippen molar-refractivity contribution in [1.29, 1.82) is 0 Å². The highest BCUT2D eigenvalue weighted by atomic mass is 35.5. The van der Waals surface area contributed by atoms with E-state index in [2.05, 4.69) is 10.1 Å². The van der Waals surface area contributed by atoms with E-state index in [1.807, 2.05) is 13.0 Å². The van der Waals surface area contributed by atoms with Crippen LogP contribution in [0.15, 0.2) is 28.8 Å². The van der Waals surface area contributed by atoms with Crippen molar-refractivity contribution in [2.75, 3.05) is 19.7 Å². The van der Waals surface area contributed by atoms with E-state index >= 15 is 0 Å². The van der Waals surface area contributed by atoms with E-state index in [0.717, 1.165) is 37.4 Å². The number of rotatable bonds is 6. The van der Waals surface area contributed by atoms with Gasteiger partial charge in [-0.1, -0.05) is 16.8 Å². The summed E-state index contributed by atoms with van der Waals surface area (Å²) < 4.78 is 11.1. The summed E-state index contributed by atoms with van der Waals surface area (Å²) in [4.78, 5) is 13.2. The summed E-state index contributed by atoms with van der Waals surface area (Å²) in [5.41, 5.74) is 1.03. The van der Waals surface area contributed by atoms with Crippen LogP contribution in [-0.4, -0.2) is 40.8 Å². The zero-order valence-electron chi connectivity index (χ0n) is 13.4. The number of carboxylic acid groups (broad SMARTS) is 1. The molecule has 1 N–H and O–H groups in total. The summed E-state index contributed by atoms with van der Waals surface area (Å²) in [6.07, 6.45) is 2.15. The molecule has 0 spiro atoms. The van der Waals surface area contributed by atoms with Gasteiger partial charge in [-0.05, 0) is 44.5 Å². The number of carbonyl (C=O) groups is 1. The number of nitrogens with zero attached hydrogens (tertiary/aromatic N) is 2. The number of benzene rings is 1. The molecule has 1 aliphatic heterocycles. The molecular formula is C17H19ClN2O4. The van der Waals surface area contributed by atoms with Crippen LogP contribution in [-0.2, 0) is 0 Å². The van der Waals surface area contributed by atoms with Crippen molar-refractivity contribution >= 4 is 17.6 Å². The molecule has 0 amide bonds. The van der Waals surface area contributed by atoms with Gasteiger partial charge in [0.25, 0.3) is 0 Å². The van der Waals surface area contributed by atoms with Crippen molar-refractivity contribution in [3.63, 3.8) is 0 Å². The number of hydrogen-bond donors (Lipinski definition) is 1. The molecule has 0 bridgehead atoms. The van der Waals surface area contributed by atoms with Crippen molar-refractivity contribution in [3.05, 3.63) is 46.3 Å². The highest BCUT2D eigenvalue weighted by Crippen LogP contribution is 2.32. The molecule has 1 aromatic heterocycles. The minimum Gasteiger partial charge on any atom is -0.491 e. The Labute approximate surface area is 144 Å². The van der Waals surface area contributed by atoms with Crippen LogP contribution in [0.4, 0.5) is 0 Å². The summed E-state index contributed by atoms with van der Waals surface area (Å²) in [5, 5.41) is 13.2. The minimum atomic E-state index is -1.01. The van der Waals surface area contributed by atoms with E-state index in [1.54, 1.807) is 6.07 Å². The first kappa shape index (κ1) is 16.8. The third kappa shape index (κ3) is 3.71. The second kappa shape index (κ2) is 7.23. The molecule has 1 aromatic carbocycles. The molecule has 0 saturated carbocycles. The molecule has 0 aliphatic carbocycles. The molecule has 6 nitrogen and oxygen atoms in total. The highest BCUT2D eigenvalue weighted by molar-refractivity contribution is 6.32. The number of carboxylic acids is 1. The van der Waals surface area contributed by atoms with Gasteiger partial charge in [0.15, 0.2) is 5.76 Å². The largest absolute Gasteiger partial charge is 0.491 e. The molecule has 1 atom stereocenters. The molecule has 7 heteroatoms. The monoisotopic (exact) mass is 350 g/mol. The summed E-state index contributed by atoms with van der Waals surface area (Å²) in [6, 6.07) is 6.69. The van der Waals surface area contributed by atoms with E-state index in [0.29, 0.717) is 17.4 Å². The maximum absolute atomic E-state index is 10.9. The molecule has 24 heavy (non-hydrogen) atoms. The molecule has 128 valence electrons. The topological polar surface area (TPSA) is 75.8 Å². The van der Waals surface area contributed by atoms with Crippen molar-refractivity contribution in [2.24, 2.45) is 0 Å². The summed E-state index contributed by atoms with van der Waals surface area (Å²) in [7, 11) is 0. The summed E-state index contributed by atoms with van der Waals surface area (Å²) in [5.74, 6) is 0.382. The zero-order chi connectivity index (χ0) is 17.1. The van der Waals surface area contributed by atoms with Gasteiger partial charge in [-0.3, -0.25) is 4.90 Å². The average molecular weight is 351 g/mol. The van der Waals surface area contributed by atoms with E-state index in [-0.39, 0.29) is 11.6 Å². The lowest BCUT2D eigenvalue weighted by Crippen LogP contribution is -2.28. The Kier molecular flexibility index (Phi) is 5.06. The SMILES string of the molecule is Cc1cc(C2CCCN2CCOc2ccc(C(=O)O)cc2Cl)on1. The number of halogens is 1. The molecule has 1 unspecified atom stereocenters. The van der Waals surface area contributed by atoms with Gasteiger partial charge in [-0.2, -0.15) is 0 Å². The lowest BCUT2D eigenvalue weighted by atomic mass is 10.1. The average Bonchev–Trinajstić information content (AvgIpc) is 3.17. The van der Waals surface area contributed by atoms with Crippen molar-refractivity contribution in [1.82, 2.24) is 10.1 Å². The summed E-state index contributed by atoms with van der Waals surface area (Å²) >= 11 is 6.07. The third-order valence-electron chi connectivity index (χ3n) is 4.15. The van der Waals surface area contributed by atoms with Gasteiger partial charge in [0.2, 0.25) is 0 Å². The van der Waals surface area contributed by atoms with Crippen molar-refractivity contribution in [3.8, 4) is 5.75 Å². The lowest BCUT2D eigenvalue weighted by molar-refractivity contribution is 0.0697. The molecule has 2 heterocycles. The van der Waals surface area contributed by atoms with Crippen LogP contribution in [0.5, 0.6) is 5.75 Å². The van der Waals surface area contributed by atoms with Crippen LogP contribution in [0.25, 0.3) is 0 Å². The lowest BCUT2D eigenvalue weighted by Gasteiger charge is -2.22. The van der Waals surface area contributed by atoms with Crippen LogP contribution >= 0.6 is 11.6 Å². The van der Waals surface area contributed by atoms with Gasteiger partial charge in [0.1, 0.15) is 12.4 Å². The molecule has 1 saturated heterocycles. The first-order valence-corrected chi connectivity index (χ1v) is 8.25. The normalized spacial score (nSPS) is 18.0. The number of likely N-dealkylation sites (tertiary alicyclic amines) is 1. The third-order valence-corrected chi connectivity index (χ3v) is 4.45. The van der Waals surface area contributed by atoms with Gasteiger partial charge < -0.3 is 14.4 Å². The Bertz CT molecular complexity index is 731. The molecule has 1 fully saturated rings. The van der Waals surface area contributed by atoms with Crippen molar-refractivity contribution in [2.45, 2.75) is 25.8 Å². The zero-order valence-corrected chi connectivity index (χ0v) is 14.1. The van der Waals surface area contributed by atoms with Crippen LogP contribution in [0.1, 0.15) is 40.7 Å². The fraction of sp³-hybridized carbons (Fsp3) is 0.412. The Morgan fingerprint density at radius 3 is 3.00 bits per heavy atom. The van der Waals surface area contributed by atoms with Gasteiger partial charge >= 0.3 is 5.97 Å². The Hall–Kier alpha value is -2.05. The van der Waals surface area contributed by atoms with E-state index in [1.165, 1.54) is 12.1 Å². The van der Waals surface area contributed by atoms with Gasteiger partial charge in [0, 0.05) is 12.6 Å². The molecule has 2 aromatic rings. The second-order valence-electron chi connectivity index (χ2n) is 5.86. The predicted molar refractivity (Wildman–Crippen MR) is 88.7 cm³/mol. The fourth-order valence-corrected chi connectivity index (χ4v) is 3.22. The second-order valence-corrected chi connectivity index (χ2v) is 6.27. The fourth-order valence-electron chi connectivity index (χ4n) is 2.98. The van der Waals surface area contributed by atoms with E-state index in [9.17, 15) is 4.79 Å². The van der Waals surface area contributed by atoms with Crippen LogP contribution in [0.3, 0.4) is 0 Å². The first-order valence-electron chi connectivity index (χ1n) is 7.87. The van der Waals surface area contributed by atoms with Gasteiger partial charge in [-0.15, -0.1) is 0 Å². The molecule has 0 radical (unpaired) electrons. The quantitative estimate of drug-likeness (QED) is 0.858. The van der Waals surface area contributed by atoms with E-state index < -0.39 is 5.97 Å². The maximum Gasteiger partial charge on any atom is 0.335 e. The smallest absolute Gasteiger partial charge is 0.335 e. The standard InChI is InChI=1S/C17H19ClN2O4/c1-11-9-16(24-19-11)14-3-2-6-20(14)7-8-23-15-5-4-12(17(21)22)10-13(15)18/h4-5,9-10,14H,2-3,6-8H2,1H3,(H,21,22). The number of hydrogen-bond acceptors (Lipinski definition) is 5. The Morgan fingerprint density at radius 2 is 2.33 bits per heavy atom. The van der Waals surface area contributed by atoms with Gasteiger partial charge in [-0.25, -0.2) is 4.79 Å². The number of aryl methyl sites for hydroxylation is 1. The predicted octanol–water partition coefficient (Wildman–Crippen LogP) is 3.55. The van der Waals surface area contributed by atoms with E-state index in [4.69, 9.17) is 26.0 Å².